The number of nitrogens with one attached hydrogen (secondary N) is 1. The third kappa shape index (κ3) is 3.36. The van der Waals surface area contributed by atoms with Gasteiger partial charge in [0.2, 0.25) is 0 Å². The summed E-state index contributed by atoms with van der Waals surface area (Å²) in [7, 11) is 0. The van der Waals surface area contributed by atoms with Gasteiger partial charge >= 0.3 is 0 Å². The van der Waals surface area contributed by atoms with Gasteiger partial charge in [0.25, 0.3) is 0 Å². The molecular formula is C11H17NO2. The summed E-state index contributed by atoms with van der Waals surface area (Å²) in [5, 5.41) is 21.4. The maximum absolute atomic E-state index is 9.46. The van der Waals surface area contributed by atoms with Gasteiger partial charge in [0.05, 0.1) is 0 Å². The van der Waals surface area contributed by atoms with E-state index in [0.29, 0.717) is 12.3 Å². The Kier molecular flexibility index (Phi) is 4.43. The summed E-state index contributed by atoms with van der Waals surface area (Å²) in [5.74, 6) is 0.316. The largest absolute Gasteiger partial charge is 0.508 e. The van der Waals surface area contributed by atoms with Gasteiger partial charge in [0, 0.05) is 24.8 Å². The van der Waals surface area contributed by atoms with Crippen LogP contribution in [-0.4, -0.2) is 22.9 Å². The molecule has 0 saturated heterocycles. The van der Waals surface area contributed by atoms with Crippen molar-refractivity contribution in [3.63, 3.8) is 0 Å². The Balaban J connectivity index is 2.41. The first kappa shape index (κ1) is 11.0. The lowest BCUT2D eigenvalue weighted by Gasteiger charge is -2.12. The van der Waals surface area contributed by atoms with Crippen molar-refractivity contribution in [1.29, 1.82) is 0 Å². The van der Waals surface area contributed by atoms with E-state index in [1.54, 1.807) is 12.1 Å². The second kappa shape index (κ2) is 5.62. The molecule has 0 radical (unpaired) electrons. The highest BCUT2D eigenvalue weighted by Gasteiger charge is 2.02. The third-order valence-electron chi connectivity index (χ3n) is 2.19. The number of phenolic OH excluding ortho intramolecular Hbond substituents is 1. The number of hydrogen-bond donors (Lipinski definition) is 3. The highest BCUT2D eigenvalue weighted by molar-refractivity contribution is 5.31. The topological polar surface area (TPSA) is 52.5 Å². The van der Waals surface area contributed by atoms with Gasteiger partial charge < -0.3 is 15.5 Å². The van der Waals surface area contributed by atoms with Crippen LogP contribution in [0.2, 0.25) is 0 Å². The standard InChI is InChI=1S/C11H17NO2/c1-9(6-7-13)12-8-10-4-2-3-5-11(10)14/h2-5,9,12-14H,6-8H2,1H3/t9-/m1/s1. The Morgan fingerprint density at radius 2 is 2.07 bits per heavy atom. The molecular weight excluding hydrogens is 178 g/mol. The van der Waals surface area contributed by atoms with Crippen LogP contribution < -0.4 is 5.32 Å². The molecule has 0 aromatic heterocycles. The minimum Gasteiger partial charge on any atom is -0.508 e. The van der Waals surface area contributed by atoms with E-state index in [1.807, 2.05) is 19.1 Å². The fraction of sp³-hybridized carbons (Fsp3) is 0.455. The summed E-state index contributed by atoms with van der Waals surface area (Å²) in [6.45, 7) is 2.83. The molecule has 3 heteroatoms. The Bertz CT molecular complexity index is 276. The smallest absolute Gasteiger partial charge is 0.120 e. The molecule has 1 aromatic rings. The lowest BCUT2D eigenvalue weighted by Crippen LogP contribution is -2.26. The van der Waals surface area contributed by atoms with E-state index in [9.17, 15) is 5.11 Å². The van der Waals surface area contributed by atoms with Crippen LogP contribution in [0.25, 0.3) is 0 Å². The van der Waals surface area contributed by atoms with Gasteiger partial charge in [-0.15, -0.1) is 0 Å². The molecule has 1 rings (SSSR count). The molecule has 0 saturated carbocycles. The van der Waals surface area contributed by atoms with Crippen LogP contribution in [0.5, 0.6) is 5.75 Å². The molecule has 0 bridgehead atoms. The Labute approximate surface area is 84.4 Å². The van der Waals surface area contributed by atoms with Crippen molar-refractivity contribution in [2.24, 2.45) is 0 Å². The van der Waals surface area contributed by atoms with Crippen LogP contribution in [0.15, 0.2) is 24.3 Å². The van der Waals surface area contributed by atoms with E-state index in [0.717, 1.165) is 12.0 Å². The number of aliphatic hydroxyl groups excluding tert-OH is 1. The van der Waals surface area contributed by atoms with E-state index in [1.165, 1.54) is 0 Å². The summed E-state index contributed by atoms with van der Waals surface area (Å²) in [4.78, 5) is 0. The van der Waals surface area contributed by atoms with E-state index < -0.39 is 0 Å². The van der Waals surface area contributed by atoms with Crippen LogP contribution in [0.3, 0.4) is 0 Å². The Hall–Kier alpha value is -1.06. The minimum absolute atomic E-state index is 0.189. The average molecular weight is 195 g/mol. The van der Waals surface area contributed by atoms with Crippen molar-refractivity contribution < 1.29 is 10.2 Å². The van der Waals surface area contributed by atoms with Crippen molar-refractivity contribution in [3.8, 4) is 5.75 Å². The van der Waals surface area contributed by atoms with Crippen molar-refractivity contribution in [3.05, 3.63) is 29.8 Å². The van der Waals surface area contributed by atoms with Crippen molar-refractivity contribution in [2.75, 3.05) is 6.61 Å². The molecule has 1 atom stereocenters. The molecule has 0 aliphatic carbocycles. The maximum atomic E-state index is 9.46. The highest BCUT2D eigenvalue weighted by Crippen LogP contribution is 2.15. The normalized spacial score (nSPS) is 12.7. The van der Waals surface area contributed by atoms with Gasteiger partial charge in [0.15, 0.2) is 0 Å². The summed E-state index contributed by atoms with van der Waals surface area (Å²) < 4.78 is 0. The molecule has 0 spiro atoms. The lowest BCUT2D eigenvalue weighted by atomic mass is 10.2. The van der Waals surface area contributed by atoms with Crippen LogP contribution >= 0.6 is 0 Å². The predicted molar refractivity (Wildman–Crippen MR) is 56.1 cm³/mol. The van der Waals surface area contributed by atoms with Crippen molar-refractivity contribution in [2.45, 2.75) is 25.9 Å². The van der Waals surface area contributed by atoms with E-state index in [2.05, 4.69) is 5.32 Å². The predicted octanol–water partition coefficient (Wildman–Crippen LogP) is 1.25. The number of aromatic hydroxyl groups is 1. The third-order valence-corrected chi connectivity index (χ3v) is 2.19. The summed E-state index contributed by atoms with van der Waals surface area (Å²) in [6.07, 6.45) is 0.730. The van der Waals surface area contributed by atoms with Crippen LogP contribution in [0.1, 0.15) is 18.9 Å². The summed E-state index contributed by atoms with van der Waals surface area (Å²) in [5.41, 5.74) is 0.886. The first-order chi connectivity index (χ1) is 6.74. The maximum Gasteiger partial charge on any atom is 0.120 e. The fourth-order valence-electron chi connectivity index (χ4n) is 1.24. The van der Waals surface area contributed by atoms with Crippen molar-refractivity contribution in [1.82, 2.24) is 5.32 Å². The number of phenols is 1. The number of hydrogen-bond acceptors (Lipinski definition) is 3. The molecule has 0 fully saturated rings. The molecule has 0 unspecified atom stereocenters. The number of aliphatic hydroxyl groups is 1. The lowest BCUT2D eigenvalue weighted by molar-refractivity contribution is 0.268. The average Bonchev–Trinajstić information content (AvgIpc) is 2.17. The van der Waals surface area contributed by atoms with Gasteiger partial charge in [-0.1, -0.05) is 18.2 Å². The van der Waals surface area contributed by atoms with Gasteiger partial charge in [0.1, 0.15) is 5.75 Å². The molecule has 78 valence electrons. The van der Waals surface area contributed by atoms with E-state index in [4.69, 9.17) is 5.11 Å². The molecule has 0 heterocycles. The highest BCUT2D eigenvalue weighted by atomic mass is 16.3. The number of benzene rings is 1. The molecule has 14 heavy (non-hydrogen) atoms. The van der Waals surface area contributed by atoms with Gasteiger partial charge in [-0.25, -0.2) is 0 Å². The SMILES string of the molecule is C[C@H](CCO)NCc1ccccc1O. The monoisotopic (exact) mass is 195 g/mol. The molecule has 1 aromatic carbocycles. The number of rotatable bonds is 5. The van der Waals surface area contributed by atoms with Gasteiger partial charge in [-0.3, -0.25) is 0 Å². The molecule has 0 amide bonds. The first-order valence-corrected chi connectivity index (χ1v) is 4.85. The Morgan fingerprint density at radius 1 is 1.36 bits per heavy atom. The Morgan fingerprint density at radius 3 is 2.71 bits per heavy atom. The molecule has 0 aliphatic heterocycles. The quantitative estimate of drug-likeness (QED) is 0.663. The van der Waals surface area contributed by atoms with Crippen LogP contribution in [-0.2, 0) is 6.54 Å². The van der Waals surface area contributed by atoms with E-state index in [-0.39, 0.29) is 12.6 Å². The van der Waals surface area contributed by atoms with Gasteiger partial charge in [-0.05, 0) is 19.4 Å². The van der Waals surface area contributed by atoms with Crippen molar-refractivity contribution >= 4 is 0 Å². The van der Waals surface area contributed by atoms with Crippen LogP contribution in [0.4, 0.5) is 0 Å². The molecule has 0 aliphatic rings. The fourth-order valence-corrected chi connectivity index (χ4v) is 1.24. The second-order valence-corrected chi connectivity index (χ2v) is 3.42. The van der Waals surface area contributed by atoms with Gasteiger partial charge in [-0.2, -0.15) is 0 Å². The summed E-state index contributed by atoms with van der Waals surface area (Å²) >= 11 is 0. The second-order valence-electron chi connectivity index (χ2n) is 3.42. The van der Waals surface area contributed by atoms with E-state index >= 15 is 0 Å². The molecule has 3 N–H and O–H groups in total. The first-order valence-electron chi connectivity index (χ1n) is 4.85. The molecule has 3 nitrogen and oxygen atoms in total. The summed E-state index contributed by atoms with van der Waals surface area (Å²) in [6, 6.07) is 7.52. The zero-order valence-electron chi connectivity index (χ0n) is 8.40. The number of para-hydroxylation sites is 1. The van der Waals surface area contributed by atoms with Crippen LogP contribution in [0, 0.1) is 0 Å². The zero-order valence-corrected chi connectivity index (χ0v) is 8.40. The zero-order chi connectivity index (χ0) is 10.4. The minimum atomic E-state index is 0.189.